The molecule has 5 nitrogen and oxygen atoms in total. The summed E-state index contributed by atoms with van der Waals surface area (Å²) >= 11 is 0. The van der Waals surface area contributed by atoms with E-state index in [-0.39, 0.29) is 27.9 Å². The monoisotopic (exact) mass is 784 g/mol. The van der Waals surface area contributed by atoms with Gasteiger partial charge in [-0.1, -0.05) is 72.8 Å². The lowest BCUT2D eigenvalue weighted by Gasteiger charge is -2.25. The van der Waals surface area contributed by atoms with E-state index >= 15 is 0 Å². The van der Waals surface area contributed by atoms with Crippen LogP contribution in [0, 0.1) is 27.7 Å². The third-order valence-corrected chi connectivity index (χ3v) is 14.4. The summed E-state index contributed by atoms with van der Waals surface area (Å²) in [5, 5.41) is 0.986. The maximum Gasteiger partial charge on any atom is 0.498 e. The highest BCUT2D eigenvalue weighted by Gasteiger charge is 2.59. The fraction of sp³-hybridized carbons (Fsp3) is 0.220. The number of benzene rings is 5. The first-order valence-corrected chi connectivity index (χ1v) is 19.8. The SMILES string of the molecule is Cc1cccc(C)c1/C=c1\ccc2c(c1)Oc1cc(Cc3c(C)cccc3C)ccc1C=2c1ccccc1S(=O)(=O)C(CC(F)(F)F)S(=O)(=O)C(F)(F)F. The highest BCUT2D eigenvalue weighted by Crippen LogP contribution is 2.43. The minimum Gasteiger partial charge on any atom is -0.456 e. The van der Waals surface area contributed by atoms with Gasteiger partial charge in [-0.2, -0.15) is 26.3 Å². The summed E-state index contributed by atoms with van der Waals surface area (Å²) in [7, 11) is -12.7. The number of aryl methyl sites for hydroxylation is 4. The number of halogens is 6. The lowest BCUT2D eigenvalue weighted by atomic mass is 9.90. The van der Waals surface area contributed by atoms with Crippen LogP contribution in [0.5, 0.6) is 11.5 Å². The number of hydrogen-bond acceptors (Lipinski definition) is 5. The number of alkyl halides is 6. The molecule has 0 fully saturated rings. The van der Waals surface area contributed by atoms with Gasteiger partial charge >= 0.3 is 11.7 Å². The van der Waals surface area contributed by atoms with E-state index < -0.39 is 47.3 Å². The molecular formula is C41H34F6O5S2. The zero-order chi connectivity index (χ0) is 39.4. The first kappa shape index (κ1) is 38.8. The van der Waals surface area contributed by atoms with Crippen molar-refractivity contribution >= 4 is 31.3 Å². The van der Waals surface area contributed by atoms with Crippen molar-refractivity contribution in [3.63, 3.8) is 0 Å². The normalized spacial score (nSPS) is 14.3. The van der Waals surface area contributed by atoms with Crippen LogP contribution in [0.25, 0.3) is 11.6 Å². The van der Waals surface area contributed by atoms with E-state index in [1.807, 2.05) is 70.2 Å². The molecule has 1 aliphatic rings. The minimum atomic E-state index is -6.88. The predicted molar refractivity (Wildman–Crippen MR) is 195 cm³/mol. The van der Waals surface area contributed by atoms with E-state index in [1.165, 1.54) is 12.1 Å². The predicted octanol–water partition coefficient (Wildman–Crippen LogP) is 8.68. The highest BCUT2D eigenvalue weighted by molar-refractivity contribution is 8.09. The molecule has 0 bridgehead atoms. The van der Waals surface area contributed by atoms with Crippen molar-refractivity contribution in [1.29, 1.82) is 0 Å². The Balaban J connectivity index is 1.63. The second-order valence-corrected chi connectivity index (χ2v) is 17.9. The summed E-state index contributed by atoms with van der Waals surface area (Å²) in [6, 6.07) is 26.5. The standard InChI is InChI=1S/C41H34F6O5S2/c1-24-9-7-10-25(2)33(24)19-28-15-17-30-35(21-28)52-36-22-29(20-34-26(3)11-8-12-27(34)4)16-18-31(36)39(30)32-13-5-6-14-37(32)53(48,49)38(23-40(42,43)44)54(50,51)41(45,46)47/h5-19,21-22,38H,20,23H2,1-4H3/b28-19+. The Bertz CT molecular complexity index is 2610. The van der Waals surface area contributed by atoms with Gasteiger partial charge in [-0.25, -0.2) is 16.8 Å². The molecule has 0 saturated heterocycles. The molecule has 0 spiro atoms. The summed E-state index contributed by atoms with van der Waals surface area (Å²) in [6.07, 6.45) is -5.92. The van der Waals surface area contributed by atoms with Gasteiger partial charge in [-0.3, -0.25) is 0 Å². The van der Waals surface area contributed by atoms with Crippen LogP contribution in [0.1, 0.15) is 56.5 Å². The molecule has 13 heteroatoms. The minimum absolute atomic E-state index is 0.123. The van der Waals surface area contributed by atoms with Gasteiger partial charge in [-0.05, 0) is 109 Å². The van der Waals surface area contributed by atoms with Crippen LogP contribution in [0.15, 0.2) is 102 Å². The molecule has 282 valence electrons. The van der Waals surface area contributed by atoms with Crippen LogP contribution >= 0.6 is 0 Å². The van der Waals surface area contributed by atoms with Crippen LogP contribution in [-0.2, 0) is 26.1 Å². The molecule has 1 atom stereocenters. The summed E-state index contributed by atoms with van der Waals surface area (Å²) in [6.45, 7) is 7.87. The van der Waals surface area contributed by atoms with Gasteiger partial charge in [0.15, 0.2) is 14.4 Å². The van der Waals surface area contributed by atoms with E-state index in [9.17, 15) is 43.2 Å². The molecule has 0 aliphatic carbocycles. The van der Waals surface area contributed by atoms with Crippen molar-refractivity contribution in [3.8, 4) is 11.5 Å². The summed E-state index contributed by atoms with van der Waals surface area (Å²) in [5.74, 6) is 0.496. The van der Waals surface area contributed by atoms with E-state index in [2.05, 4.69) is 0 Å². The van der Waals surface area contributed by atoms with E-state index in [4.69, 9.17) is 4.74 Å². The summed E-state index contributed by atoms with van der Waals surface area (Å²) < 4.78 is 138. The Kier molecular flexibility index (Phi) is 10.1. The number of hydrogen-bond donors (Lipinski definition) is 0. The van der Waals surface area contributed by atoms with Crippen molar-refractivity contribution in [3.05, 3.63) is 158 Å². The second kappa shape index (κ2) is 14.1. The Morgan fingerprint density at radius 2 is 1.28 bits per heavy atom. The molecule has 1 heterocycles. The number of rotatable bonds is 8. The summed E-state index contributed by atoms with van der Waals surface area (Å²) in [5.41, 5.74) is 0.797. The molecule has 0 N–H and O–H groups in total. The lowest BCUT2D eigenvalue weighted by molar-refractivity contribution is -0.132. The molecule has 6 rings (SSSR count). The number of sulfone groups is 2. The zero-order valence-corrected chi connectivity index (χ0v) is 31.1. The summed E-state index contributed by atoms with van der Waals surface area (Å²) in [4.78, 5) is -1.01. The van der Waals surface area contributed by atoms with Crippen molar-refractivity contribution in [1.82, 2.24) is 0 Å². The molecular weight excluding hydrogens is 751 g/mol. The van der Waals surface area contributed by atoms with E-state index in [0.717, 1.165) is 51.1 Å². The smallest absolute Gasteiger partial charge is 0.456 e. The average molecular weight is 785 g/mol. The van der Waals surface area contributed by atoms with E-state index in [1.54, 1.807) is 36.4 Å². The van der Waals surface area contributed by atoms with Crippen LogP contribution < -0.4 is 15.2 Å². The van der Waals surface area contributed by atoms with Crippen molar-refractivity contribution in [2.24, 2.45) is 0 Å². The maximum atomic E-state index is 14.0. The quantitative estimate of drug-likeness (QED) is 0.145. The average Bonchev–Trinajstić information content (AvgIpc) is 3.08. The molecule has 1 aliphatic heterocycles. The Hall–Kier alpha value is -4.88. The Morgan fingerprint density at radius 1 is 0.667 bits per heavy atom. The first-order chi connectivity index (χ1) is 25.2. The molecule has 0 radical (unpaired) electrons. The van der Waals surface area contributed by atoms with Gasteiger partial charge in [0.25, 0.3) is 9.84 Å². The van der Waals surface area contributed by atoms with E-state index in [0.29, 0.717) is 17.2 Å². The zero-order valence-electron chi connectivity index (χ0n) is 29.4. The molecule has 0 amide bonds. The first-order valence-electron chi connectivity index (χ1n) is 16.7. The van der Waals surface area contributed by atoms with Gasteiger partial charge in [0.05, 0.1) is 11.3 Å². The van der Waals surface area contributed by atoms with Crippen molar-refractivity contribution in [2.75, 3.05) is 0 Å². The van der Waals surface area contributed by atoms with Gasteiger partial charge in [0.2, 0.25) is 0 Å². The second-order valence-electron chi connectivity index (χ2n) is 13.3. The fourth-order valence-corrected chi connectivity index (χ4v) is 10.9. The van der Waals surface area contributed by atoms with Crippen molar-refractivity contribution < 1.29 is 47.9 Å². The molecule has 54 heavy (non-hydrogen) atoms. The van der Waals surface area contributed by atoms with Gasteiger partial charge in [0.1, 0.15) is 11.5 Å². The van der Waals surface area contributed by atoms with Crippen LogP contribution in [0.3, 0.4) is 0 Å². The molecule has 0 saturated carbocycles. The van der Waals surface area contributed by atoms with Gasteiger partial charge < -0.3 is 4.74 Å². The molecule has 1 unspecified atom stereocenters. The third-order valence-electron chi connectivity index (χ3n) is 9.56. The van der Waals surface area contributed by atoms with Crippen LogP contribution in [0.2, 0.25) is 0 Å². The van der Waals surface area contributed by atoms with Crippen LogP contribution in [0.4, 0.5) is 26.3 Å². The van der Waals surface area contributed by atoms with Gasteiger partial charge in [-0.15, -0.1) is 0 Å². The molecule has 5 aromatic carbocycles. The lowest BCUT2D eigenvalue weighted by Crippen LogP contribution is -2.42. The number of fused-ring (bicyclic) bond motifs is 2. The maximum absolute atomic E-state index is 14.0. The largest absolute Gasteiger partial charge is 0.498 e. The van der Waals surface area contributed by atoms with Crippen LogP contribution in [-0.4, -0.2) is 33.1 Å². The molecule has 0 aromatic heterocycles. The Labute approximate surface area is 309 Å². The third kappa shape index (κ3) is 7.43. The topological polar surface area (TPSA) is 77.5 Å². The van der Waals surface area contributed by atoms with Crippen molar-refractivity contribution in [2.45, 2.75) is 61.7 Å². The Morgan fingerprint density at radius 3 is 1.89 bits per heavy atom. The molecule has 5 aromatic rings. The fourth-order valence-electron chi connectivity index (χ4n) is 6.78. The highest BCUT2D eigenvalue weighted by atomic mass is 32.3. The van der Waals surface area contributed by atoms with Gasteiger partial charge in [0, 0.05) is 21.9 Å². The number of ether oxygens (including phenoxy) is 1.